The Balaban J connectivity index is 2.09. The number of methoxy groups -OCH3 is 1. The highest BCUT2D eigenvalue weighted by atomic mass is 16.5. The van der Waals surface area contributed by atoms with E-state index in [1.54, 1.807) is 13.0 Å². The summed E-state index contributed by atoms with van der Waals surface area (Å²) in [6.07, 6.45) is 2.09. The third kappa shape index (κ3) is 11.5. The highest BCUT2D eigenvalue weighted by Gasteiger charge is 2.28. The zero-order chi connectivity index (χ0) is 31.3. The Labute approximate surface area is 246 Å². The van der Waals surface area contributed by atoms with Crippen LogP contribution in [-0.2, 0) is 25.7 Å². The molecule has 0 saturated heterocycles. The Bertz CT molecular complexity index is 1300. The summed E-state index contributed by atoms with van der Waals surface area (Å²) in [6, 6.07) is 8.90. The van der Waals surface area contributed by atoms with Gasteiger partial charge in [0.05, 0.1) is 6.61 Å². The highest BCUT2D eigenvalue weighted by molar-refractivity contribution is 5.98. The van der Waals surface area contributed by atoms with Gasteiger partial charge in [-0.2, -0.15) is 5.26 Å². The van der Waals surface area contributed by atoms with E-state index >= 15 is 0 Å². The number of nitrogens with zero attached hydrogens (tertiary/aromatic N) is 2. The summed E-state index contributed by atoms with van der Waals surface area (Å²) < 4.78 is 10.0. The van der Waals surface area contributed by atoms with Gasteiger partial charge in [0.2, 0.25) is 11.8 Å². The molecule has 4 N–H and O–H groups in total. The summed E-state index contributed by atoms with van der Waals surface area (Å²) in [7, 11) is 1.38. The third-order valence-corrected chi connectivity index (χ3v) is 5.93. The predicted molar refractivity (Wildman–Crippen MR) is 155 cm³/mol. The largest absolute Gasteiger partial charge is 0.382 e. The fourth-order valence-corrected chi connectivity index (χ4v) is 3.80. The molecule has 0 aliphatic rings. The number of aromatic nitrogens is 1. The normalized spacial score (nSPS) is 12.9. The Morgan fingerprint density at radius 2 is 1.74 bits per heavy atom. The van der Waals surface area contributed by atoms with Gasteiger partial charge in [-0.25, -0.2) is 0 Å². The fourth-order valence-electron chi connectivity index (χ4n) is 3.80. The number of benzene rings is 1. The van der Waals surface area contributed by atoms with Crippen LogP contribution in [0.2, 0.25) is 0 Å². The van der Waals surface area contributed by atoms with Gasteiger partial charge in [0.1, 0.15) is 29.5 Å². The number of hydrogen-bond acceptors (Lipinski definition) is 8. The molecule has 2 rings (SSSR count). The van der Waals surface area contributed by atoms with Crippen LogP contribution in [0.3, 0.4) is 0 Å². The minimum absolute atomic E-state index is 0.00165. The number of amides is 4. The van der Waals surface area contributed by atoms with Crippen molar-refractivity contribution < 1.29 is 28.4 Å². The van der Waals surface area contributed by atoms with Gasteiger partial charge in [0.15, 0.2) is 5.69 Å². The molecule has 2 atom stereocenters. The molecule has 0 aliphatic heterocycles. The fraction of sp³-hybridized carbons (Fsp3) is 0.467. The van der Waals surface area contributed by atoms with Crippen LogP contribution in [0.1, 0.15) is 61.0 Å². The van der Waals surface area contributed by atoms with E-state index in [-0.39, 0.29) is 42.8 Å². The lowest BCUT2D eigenvalue weighted by atomic mass is 9.93. The second-order valence-electron chi connectivity index (χ2n) is 11.0. The number of rotatable bonds is 14. The van der Waals surface area contributed by atoms with Crippen molar-refractivity contribution in [1.82, 2.24) is 26.4 Å². The number of carbonyl (C=O) groups excluding carboxylic acids is 4. The van der Waals surface area contributed by atoms with E-state index in [9.17, 15) is 24.4 Å². The predicted octanol–water partition coefficient (Wildman–Crippen LogP) is 2.23. The van der Waals surface area contributed by atoms with E-state index in [0.29, 0.717) is 12.2 Å². The Morgan fingerprint density at radius 3 is 2.31 bits per heavy atom. The molecule has 4 amide bonds. The van der Waals surface area contributed by atoms with Crippen LogP contribution < -0.4 is 21.3 Å². The SMILES string of the molecule is COCC(NC(=O)c1cc(C)on1)C(=O)NC(CCCNC(=O)C(C#N)=CC(C)(C)C)C(=O)NCc1ccc(C)cc1. The summed E-state index contributed by atoms with van der Waals surface area (Å²) in [6.45, 7) is 9.50. The van der Waals surface area contributed by atoms with Crippen molar-refractivity contribution in [2.45, 2.75) is 66.1 Å². The van der Waals surface area contributed by atoms with E-state index in [4.69, 9.17) is 9.26 Å². The minimum atomic E-state index is -1.12. The molecule has 0 radical (unpaired) electrons. The molecule has 0 spiro atoms. The quantitative estimate of drug-likeness (QED) is 0.149. The molecule has 2 aromatic rings. The Morgan fingerprint density at radius 1 is 1.05 bits per heavy atom. The van der Waals surface area contributed by atoms with Crippen molar-refractivity contribution in [1.29, 1.82) is 5.26 Å². The van der Waals surface area contributed by atoms with Gasteiger partial charge in [0, 0.05) is 26.3 Å². The maximum absolute atomic E-state index is 13.2. The van der Waals surface area contributed by atoms with E-state index < -0.39 is 35.7 Å². The second-order valence-corrected chi connectivity index (χ2v) is 11.0. The van der Waals surface area contributed by atoms with Crippen molar-refractivity contribution in [3.63, 3.8) is 0 Å². The first-order valence-electron chi connectivity index (χ1n) is 13.6. The van der Waals surface area contributed by atoms with Crippen molar-refractivity contribution in [2.24, 2.45) is 5.41 Å². The molecule has 1 aromatic carbocycles. The van der Waals surface area contributed by atoms with E-state index in [1.807, 2.05) is 58.0 Å². The van der Waals surface area contributed by atoms with Crippen molar-refractivity contribution in [3.8, 4) is 6.07 Å². The first-order chi connectivity index (χ1) is 19.8. The number of nitrogens with one attached hydrogen (secondary N) is 4. The zero-order valence-corrected chi connectivity index (χ0v) is 25.0. The number of nitriles is 1. The molecule has 1 heterocycles. The number of allylic oxidation sites excluding steroid dienone is 1. The average molecular weight is 581 g/mol. The number of aryl methyl sites for hydroxylation is 2. The van der Waals surface area contributed by atoms with Crippen molar-refractivity contribution >= 4 is 23.6 Å². The Kier molecular flexibility index (Phi) is 12.9. The molecule has 0 fully saturated rings. The molecule has 12 nitrogen and oxygen atoms in total. The number of ether oxygens (including phenoxy) is 1. The first-order valence-corrected chi connectivity index (χ1v) is 13.6. The van der Waals surface area contributed by atoms with Gasteiger partial charge < -0.3 is 30.5 Å². The lowest BCUT2D eigenvalue weighted by molar-refractivity contribution is -0.130. The maximum Gasteiger partial charge on any atom is 0.274 e. The summed E-state index contributed by atoms with van der Waals surface area (Å²) >= 11 is 0. The molecule has 42 heavy (non-hydrogen) atoms. The van der Waals surface area contributed by atoms with E-state index in [1.165, 1.54) is 13.2 Å². The second kappa shape index (κ2) is 16.1. The molecule has 12 heteroatoms. The minimum Gasteiger partial charge on any atom is -0.382 e. The summed E-state index contributed by atoms with van der Waals surface area (Å²) in [4.78, 5) is 51.4. The number of carbonyl (C=O) groups is 4. The maximum atomic E-state index is 13.2. The highest BCUT2D eigenvalue weighted by Crippen LogP contribution is 2.17. The van der Waals surface area contributed by atoms with Crippen LogP contribution in [-0.4, -0.2) is 61.1 Å². The van der Waals surface area contributed by atoms with Gasteiger partial charge in [-0.3, -0.25) is 19.2 Å². The summed E-state index contributed by atoms with van der Waals surface area (Å²) in [5, 5.41) is 23.8. The average Bonchev–Trinajstić information content (AvgIpc) is 3.38. The van der Waals surface area contributed by atoms with Crippen LogP contribution in [0.25, 0.3) is 0 Å². The van der Waals surface area contributed by atoms with Crippen LogP contribution in [0.5, 0.6) is 0 Å². The monoisotopic (exact) mass is 580 g/mol. The lowest BCUT2D eigenvalue weighted by Gasteiger charge is -2.23. The molecular formula is C30H40N6O6. The smallest absolute Gasteiger partial charge is 0.274 e. The molecule has 0 aliphatic carbocycles. The summed E-state index contributed by atoms with van der Waals surface area (Å²) in [5.41, 5.74) is 1.62. The molecule has 1 aromatic heterocycles. The topological polar surface area (TPSA) is 175 Å². The van der Waals surface area contributed by atoms with Crippen LogP contribution in [0, 0.1) is 30.6 Å². The van der Waals surface area contributed by atoms with Gasteiger partial charge in [-0.15, -0.1) is 0 Å². The van der Waals surface area contributed by atoms with Crippen molar-refractivity contribution in [2.75, 3.05) is 20.3 Å². The standard InChI is InChI=1S/C30H40N6O6/c1-19-9-11-21(12-10-19)17-33-27(38)23(8-7-13-32-26(37)22(16-31)15-30(3,4)5)34-29(40)25(18-41-6)35-28(39)24-14-20(2)42-36-24/h9-12,14-15,23,25H,7-8,13,17-18H2,1-6H3,(H,32,37)(H,33,38)(H,34,40)(H,35,39). The lowest BCUT2D eigenvalue weighted by Crippen LogP contribution is -2.55. The third-order valence-electron chi connectivity index (χ3n) is 5.93. The van der Waals surface area contributed by atoms with Gasteiger partial charge >= 0.3 is 0 Å². The first kappa shape index (κ1) is 33.7. The van der Waals surface area contributed by atoms with Gasteiger partial charge in [-0.1, -0.05) is 61.8 Å². The van der Waals surface area contributed by atoms with Crippen LogP contribution >= 0.6 is 0 Å². The molecule has 226 valence electrons. The molecule has 2 unspecified atom stereocenters. The zero-order valence-electron chi connectivity index (χ0n) is 25.0. The van der Waals surface area contributed by atoms with Crippen LogP contribution in [0.4, 0.5) is 0 Å². The molecule has 0 saturated carbocycles. The van der Waals surface area contributed by atoms with Gasteiger partial charge in [-0.05, 0) is 37.7 Å². The number of hydrogen-bond donors (Lipinski definition) is 4. The molecular weight excluding hydrogens is 540 g/mol. The Hall–Kier alpha value is -4.50. The van der Waals surface area contributed by atoms with E-state index in [0.717, 1.165) is 11.1 Å². The molecule has 0 bridgehead atoms. The van der Waals surface area contributed by atoms with E-state index in [2.05, 4.69) is 26.4 Å². The van der Waals surface area contributed by atoms with Crippen LogP contribution in [0.15, 0.2) is 46.5 Å². The summed E-state index contributed by atoms with van der Waals surface area (Å²) in [5.74, 6) is -1.78. The van der Waals surface area contributed by atoms with Gasteiger partial charge in [0.25, 0.3) is 11.8 Å². The van der Waals surface area contributed by atoms with Crippen molar-refractivity contribution in [3.05, 3.63) is 64.6 Å².